The van der Waals surface area contributed by atoms with Crippen LogP contribution < -0.4 is 0 Å². The molecule has 1 aromatic carbocycles. The summed E-state index contributed by atoms with van der Waals surface area (Å²) in [6.45, 7) is 3.56. The number of carbonyl (C=O) groups is 2. The van der Waals surface area contributed by atoms with Gasteiger partial charge in [0, 0.05) is 16.7 Å². The van der Waals surface area contributed by atoms with Crippen LogP contribution in [-0.4, -0.2) is 51.3 Å². The molecule has 3 saturated carbocycles. The predicted molar refractivity (Wildman–Crippen MR) is 156 cm³/mol. The molecule has 0 amide bonds. The smallest absolute Gasteiger partial charge is 0.194 e. The van der Waals surface area contributed by atoms with Gasteiger partial charge < -0.3 is 24.8 Å². The van der Waals surface area contributed by atoms with E-state index >= 15 is 0 Å². The summed E-state index contributed by atoms with van der Waals surface area (Å²) in [4.78, 5) is 26.8. The second-order valence-corrected chi connectivity index (χ2v) is 14.3. The van der Waals surface area contributed by atoms with Crippen LogP contribution in [0, 0.1) is 28.6 Å². The van der Waals surface area contributed by atoms with Gasteiger partial charge in [0.2, 0.25) is 0 Å². The summed E-state index contributed by atoms with van der Waals surface area (Å²) in [5.74, 6) is -0.246. The Hall–Kier alpha value is -2.46. The molecule has 0 bridgehead atoms. The number of carbonyl (C=O) groups excluding carboxylic acids is 2. The number of aliphatic hydroxyl groups excluding tert-OH is 3. The molecule has 7 rings (SSSR count). The summed E-state index contributed by atoms with van der Waals surface area (Å²) in [5, 5.41) is 33.4. The molecule has 4 fully saturated rings. The maximum atomic E-state index is 13.7. The molecule has 8 heteroatoms. The van der Waals surface area contributed by atoms with E-state index in [1.54, 1.807) is 12.2 Å². The van der Waals surface area contributed by atoms with Crippen molar-refractivity contribution in [3.63, 3.8) is 0 Å². The van der Waals surface area contributed by atoms with E-state index in [2.05, 4.69) is 25.3 Å². The molecule has 7 nitrogen and oxygen atoms in total. The zero-order valence-corrected chi connectivity index (χ0v) is 24.8. The Bertz CT molecular complexity index is 1470. The molecule has 5 aliphatic rings. The number of thiophene rings is 1. The van der Waals surface area contributed by atoms with Gasteiger partial charge in [-0.1, -0.05) is 49.8 Å². The van der Waals surface area contributed by atoms with E-state index in [1.165, 1.54) is 11.3 Å². The molecule has 2 heterocycles. The van der Waals surface area contributed by atoms with Crippen molar-refractivity contribution in [3.8, 4) is 0 Å². The highest BCUT2D eigenvalue weighted by molar-refractivity contribution is 7.10. The van der Waals surface area contributed by atoms with Gasteiger partial charge in [-0.15, -0.1) is 11.3 Å². The summed E-state index contributed by atoms with van der Waals surface area (Å²) < 4.78 is 13.3. The highest BCUT2D eigenvalue weighted by atomic mass is 32.1. The Kier molecular flexibility index (Phi) is 6.77. The van der Waals surface area contributed by atoms with E-state index in [4.69, 9.17) is 9.47 Å². The van der Waals surface area contributed by atoms with Gasteiger partial charge in [0.1, 0.15) is 6.61 Å². The van der Waals surface area contributed by atoms with Crippen LogP contribution in [0.3, 0.4) is 0 Å². The van der Waals surface area contributed by atoms with Crippen LogP contribution in [0.5, 0.6) is 0 Å². The minimum atomic E-state index is -1.34. The van der Waals surface area contributed by atoms with Crippen LogP contribution in [-0.2, 0) is 32.1 Å². The highest BCUT2D eigenvalue weighted by Gasteiger charge is 2.76. The van der Waals surface area contributed by atoms with E-state index in [9.17, 15) is 24.9 Å². The topological polar surface area (TPSA) is 113 Å². The normalized spacial score (nSPS) is 40.2. The summed E-state index contributed by atoms with van der Waals surface area (Å²) >= 11 is 1.53. The zero-order chi connectivity index (χ0) is 29.4. The third kappa shape index (κ3) is 3.96. The van der Waals surface area contributed by atoms with E-state index < -0.39 is 41.5 Å². The number of rotatable bonds is 6. The fraction of sp³-hybridized carbons (Fsp3) is 0.529. The molecule has 42 heavy (non-hydrogen) atoms. The first-order chi connectivity index (χ1) is 20.1. The quantitative estimate of drug-likeness (QED) is 0.456. The Morgan fingerprint density at radius 3 is 2.62 bits per heavy atom. The highest BCUT2D eigenvalue weighted by Crippen LogP contribution is 2.70. The molecular weight excluding hydrogens is 552 g/mol. The lowest BCUT2D eigenvalue weighted by molar-refractivity contribution is -0.200. The minimum absolute atomic E-state index is 0.00290. The van der Waals surface area contributed by atoms with Gasteiger partial charge in [-0.25, -0.2) is 0 Å². The molecule has 222 valence electrons. The lowest BCUT2D eigenvalue weighted by atomic mass is 9.46. The largest absolute Gasteiger partial charge is 0.393 e. The van der Waals surface area contributed by atoms with Crippen LogP contribution >= 0.6 is 11.3 Å². The average molecular weight is 591 g/mol. The van der Waals surface area contributed by atoms with Crippen molar-refractivity contribution < 1.29 is 34.4 Å². The van der Waals surface area contributed by atoms with Crippen LogP contribution in [0.2, 0.25) is 0 Å². The zero-order valence-electron chi connectivity index (χ0n) is 24.0. The third-order valence-electron chi connectivity index (χ3n) is 11.3. The number of Topliss-reactive ketones (excluding diaryl/α,β-unsaturated/α-hetero) is 1. The first-order valence-electron chi connectivity index (χ1n) is 15.0. The van der Waals surface area contributed by atoms with Gasteiger partial charge in [-0.05, 0) is 84.2 Å². The van der Waals surface area contributed by atoms with Gasteiger partial charge in [0.05, 0.1) is 23.7 Å². The predicted octanol–water partition coefficient (Wildman–Crippen LogP) is 4.43. The number of hydrogen-bond donors (Lipinski definition) is 3. The molecule has 0 radical (unpaired) electrons. The minimum Gasteiger partial charge on any atom is -0.393 e. The summed E-state index contributed by atoms with van der Waals surface area (Å²) in [6, 6.07) is 9.93. The molecule has 9 atom stereocenters. The van der Waals surface area contributed by atoms with Crippen molar-refractivity contribution in [2.24, 2.45) is 28.6 Å². The molecule has 2 aromatic rings. The van der Waals surface area contributed by atoms with Gasteiger partial charge in [-0.3, -0.25) is 9.59 Å². The Balaban J connectivity index is 1.17. The Morgan fingerprint density at radius 1 is 1.12 bits per heavy atom. The molecule has 1 aromatic heterocycles. The molecule has 3 N–H and O–H groups in total. The second kappa shape index (κ2) is 10.0. The Labute approximate surface area is 249 Å². The lowest BCUT2D eigenvalue weighted by Gasteiger charge is -2.59. The van der Waals surface area contributed by atoms with E-state index in [0.717, 1.165) is 46.4 Å². The molecule has 1 aliphatic heterocycles. The van der Waals surface area contributed by atoms with Gasteiger partial charge >= 0.3 is 0 Å². The standard InChI is InChI=1S/C34H38O7S/c1-32-10-9-23(37)13-22(32)7-8-24-25-14-29-34(28(39)17-36,33(25,2)15-26(38)30(24)32)41-31(40-29)27-12-21(18-42-27)11-19-3-5-20(16-35)6-4-19/h3-6,9-10,12-13,18,24-26,29-31,35-36,38H,7-8,11,14-17H2,1-2H3/t24-,25-,26-,29+,30+,31+,32-,33-,34+/m0/s1. The number of benzene rings is 1. The fourth-order valence-electron chi connectivity index (χ4n) is 9.42. The van der Waals surface area contributed by atoms with Gasteiger partial charge in [0.25, 0.3) is 0 Å². The van der Waals surface area contributed by atoms with Crippen molar-refractivity contribution in [1.29, 1.82) is 0 Å². The average Bonchev–Trinajstić information content (AvgIpc) is 3.66. The second-order valence-electron chi connectivity index (χ2n) is 13.3. The maximum absolute atomic E-state index is 13.7. The van der Waals surface area contributed by atoms with Crippen LogP contribution in [0.15, 0.2) is 59.5 Å². The van der Waals surface area contributed by atoms with Crippen LogP contribution in [0.4, 0.5) is 0 Å². The van der Waals surface area contributed by atoms with Gasteiger partial charge in [0.15, 0.2) is 23.5 Å². The van der Waals surface area contributed by atoms with Crippen molar-refractivity contribution in [2.45, 2.75) is 76.7 Å². The maximum Gasteiger partial charge on any atom is 0.194 e. The van der Waals surface area contributed by atoms with E-state index in [1.807, 2.05) is 30.3 Å². The first kappa shape index (κ1) is 28.3. The lowest BCUT2D eigenvalue weighted by Crippen LogP contribution is -2.63. The monoisotopic (exact) mass is 590 g/mol. The first-order valence-corrected chi connectivity index (χ1v) is 15.9. The number of aliphatic hydroxyl groups is 3. The number of allylic oxidation sites excluding steroid dienone is 4. The van der Waals surface area contributed by atoms with Crippen LogP contribution in [0.1, 0.15) is 67.4 Å². The van der Waals surface area contributed by atoms with E-state index in [-0.39, 0.29) is 35.9 Å². The fourth-order valence-corrected chi connectivity index (χ4v) is 10.3. The summed E-state index contributed by atoms with van der Waals surface area (Å²) in [6.07, 6.45) is 6.74. The van der Waals surface area contributed by atoms with Crippen molar-refractivity contribution >= 4 is 22.9 Å². The molecule has 0 spiro atoms. The van der Waals surface area contributed by atoms with Gasteiger partial charge in [-0.2, -0.15) is 0 Å². The summed E-state index contributed by atoms with van der Waals surface area (Å²) in [5.41, 5.74) is 1.74. The Morgan fingerprint density at radius 2 is 1.88 bits per heavy atom. The SMILES string of the molecule is C[C@]12C=CC(=O)C=C1CC[C@@H]1[C@@H]2[C@@H](O)C[C@@]2(C)[C@H]1C[C@H]1O[C@@H](c3cc(Cc4ccc(CO)cc4)cs3)O[C@]12C(=O)CO. The summed E-state index contributed by atoms with van der Waals surface area (Å²) in [7, 11) is 0. The molecule has 0 unspecified atom stereocenters. The number of ketones is 2. The van der Waals surface area contributed by atoms with Crippen LogP contribution in [0.25, 0.3) is 0 Å². The van der Waals surface area contributed by atoms with Crippen molar-refractivity contribution in [3.05, 3.63) is 81.1 Å². The number of ether oxygens (including phenoxy) is 2. The third-order valence-corrected chi connectivity index (χ3v) is 12.3. The molecule has 4 aliphatic carbocycles. The number of fused-ring (bicyclic) bond motifs is 7. The molecular formula is C34H38O7S. The van der Waals surface area contributed by atoms with Crippen molar-refractivity contribution in [1.82, 2.24) is 0 Å². The van der Waals surface area contributed by atoms with E-state index in [0.29, 0.717) is 12.8 Å². The number of hydrogen-bond acceptors (Lipinski definition) is 8. The van der Waals surface area contributed by atoms with Crippen molar-refractivity contribution in [2.75, 3.05) is 6.61 Å². The molecule has 1 saturated heterocycles.